The van der Waals surface area contributed by atoms with Crippen LogP contribution in [0.5, 0.6) is 0 Å². The van der Waals surface area contributed by atoms with E-state index in [0.717, 1.165) is 41.5 Å². The molecule has 0 saturated carbocycles. The number of rotatable bonds is 10. The van der Waals surface area contributed by atoms with Crippen molar-refractivity contribution in [3.8, 4) is 0 Å². The van der Waals surface area contributed by atoms with E-state index in [9.17, 15) is 18.7 Å². The van der Waals surface area contributed by atoms with E-state index < -0.39 is 23.8 Å². The van der Waals surface area contributed by atoms with Crippen LogP contribution in [0.1, 0.15) is 50.7 Å². The predicted octanol–water partition coefficient (Wildman–Crippen LogP) is 5.56. The Bertz CT molecular complexity index is 1180. The van der Waals surface area contributed by atoms with E-state index in [0.29, 0.717) is 16.9 Å². The fourth-order valence-corrected chi connectivity index (χ4v) is 7.24. The molecule has 1 fully saturated rings. The normalized spacial score (nSPS) is 15.9. The molecule has 0 radical (unpaired) electrons. The molecule has 2 unspecified atom stereocenters. The highest BCUT2D eigenvalue weighted by atomic mass is 32.2. The highest BCUT2D eigenvalue weighted by molar-refractivity contribution is 8.16. The van der Waals surface area contributed by atoms with Crippen LogP contribution in [0, 0.1) is 11.6 Å². The Labute approximate surface area is 224 Å². The molecular weight excluding hydrogens is 514 g/mol. The maximum atomic E-state index is 13.8. The molecular formula is C28H32F2N2O3S2. The summed E-state index contributed by atoms with van der Waals surface area (Å²) in [5.41, 5.74) is 9.16. The quantitative estimate of drug-likeness (QED) is 0.347. The number of carbonyl (C=O) groups is 1. The topological polar surface area (TPSA) is 79.7 Å². The molecule has 1 aliphatic rings. The monoisotopic (exact) mass is 546 g/mol. The van der Waals surface area contributed by atoms with Gasteiger partial charge in [0.2, 0.25) is 0 Å². The van der Waals surface area contributed by atoms with Crippen molar-refractivity contribution < 1.29 is 23.1 Å². The third-order valence-electron chi connectivity index (χ3n) is 6.32. The van der Waals surface area contributed by atoms with Gasteiger partial charge in [0.15, 0.2) is 0 Å². The summed E-state index contributed by atoms with van der Waals surface area (Å²) >= 11 is 3.53. The molecule has 37 heavy (non-hydrogen) atoms. The maximum absolute atomic E-state index is 13.8. The molecule has 1 aromatic heterocycles. The lowest BCUT2D eigenvalue weighted by Crippen LogP contribution is -2.46. The highest BCUT2D eigenvalue weighted by Crippen LogP contribution is 2.45. The molecule has 3 N–H and O–H groups in total. The van der Waals surface area contributed by atoms with Crippen LogP contribution in [0.3, 0.4) is 0 Å². The standard InChI is InChI=1S/C28H32F2N2O3S2/c1-2-18-5-3-6-19(11-18)16-32(17-25(33)24(31)14-20-12-21(29)15-22(30)13-20)27(34)23-7-8-35-26(23)28-36-9-4-10-37-28/h3,5-8,11-13,15,24-25,28,33H,2,4,9-10,14,16-17,31H2,1H3. The summed E-state index contributed by atoms with van der Waals surface area (Å²) in [6, 6.07) is 12.0. The Morgan fingerprint density at radius 1 is 1.11 bits per heavy atom. The molecule has 0 aliphatic carbocycles. The average Bonchev–Trinajstić information content (AvgIpc) is 3.38. The fourth-order valence-electron chi connectivity index (χ4n) is 4.38. The third kappa shape index (κ3) is 7.37. The number of halogens is 2. The van der Waals surface area contributed by atoms with Gasteiger partial charge in [0.1, 0.15) is 22.0 Å². The van der Waals surface area contributed by atoms with Gasteiger partial charge in [-0.3, -0.25) is 4.79 Å². The van der Waals surface area contributed by atoms with E-state index in [-0.39, 0.29) is 30.0 Å². The van der Waals surface area contributed by atoms with E-state index in [1.54, 1.807) is 34.5 Å². The van der Waals surface area contributed by atoms with Crippen molar-refractivity contribution in [1.29, 1.82) is 0 Å². The van der Waals surface area contributed by atoms with E-state index in [1.165, 1.54) is 18.4 Å². The summed E-state index contributed by atoms with van der Waals surface area (Å²) in [5.74, 6) is 1.01. The van der Waals surface area contributed by atoms with Gasteiger partial charge in [0.05, 0.1) is 17.9 Å². The van der Waals surface area contributed by atoms with Crippen molar-refractivity contribution in [2.24, 2.45) is 5.73 Å². The van der Waals surface area contributed by atoms with Crippen molar-refractivity contribution in [2.75, 3.05) is 18.1 Å². The van der Waals surface area contributed by atoms with E-state index in [1.807, 2.05) is 24.3 Å². The summed E-state index contributed by atoms with van der Waals surface area (Å²) in [6.45, 7) is 2.31. The van der Waals surface area contributed by atoms with Gasteiger partial charge in [-0.15, -0.1) is 23.5 Å². The number of benzene rings is 2. The number of nitrogens with two attached hydrogens (primary N) is 1. The second kappa shape index (κ2) is 13.0. The minimum atomic E-state index is -1.11. The minimum absolute atomic E-state index is 0.0380. The third-order valence-corrected chi connectivity index (χ3v) is 9.22. The Morgan fingerprint density at radius 2 is 1.81 bits per heavy atom. The molecule has 9 heteroatoms. The van der Waals surface area contributed by atoms with Crippen LogP contribution < -0.4 is 5.73 Å². The molecule has 2 aromatic carbocycles. The molecule has 1 amide bonds. The fraction of sp³-hybridized carbons (Fsp3) is 0.393. The van der Waals surface area contributed by atoms with E-state index >= 15 is 0 Å². The Kier molecular flexibility index (Phi) is 9.70. The van der Waals surface area contributed by atoms with Gasteiger partial charge in [-0.25, -0.2) is 8.78 Å². The smallest absolute Gasteiger partial charge is 0.257 e. The molecule has 0 spiro atoms. The van der Waals surface area contributed by atoms with Crippen LogP contribution in [-0.2, 0) is 19.4 Å². The Hall–Kier alpha value is -2.33. The van der Waals surface area contributed by atoms with Gasteiger partial charge in [-0.1, -0.05) is 31.2 Å². The van der Waals surface area contributed by atoms with E-state index in [2.05, 4.69) is 6.92 Å². The number of hydrogen-bond donors (Lipinski definition) is 2. The first-order chi connectivity index (χ1) is 17.8. The minimum Gasteiger partial charge on any atom is -0.466 e. The SMILES string of the molecule is CCc1cccc(CN(CC(O)C(N)Cc2cc(F)cc(F)c2)C(=O)c2ccoc2C2SCCCS2)c1. The Morgan fingerprint density at radius 3 is 2.51 bits per heavy atom. The van der Waals surface area contributed by atoms with Gasteiger partial charge < -0.3 is 20.2 Å². The van der Waals surface area contributed by atoms with Crippen molar-refractivity contribution >= 4 is 29.4 Å². The second-order valence-corrected chi connectivity index (χ2v) is 11.9. The molecule has 5 nitrogen and oxygen atoms in total. The van der Waals surface area contributed by atoms with Crippen molar-refractivity contribution in [3.63, 3.8) is 0 Å². The molecule has 3 aromatic rings. The highest BCUT2D eigenvalue weighted by Gasteiger charge is 2.30. The first kappa shape index (κ1) is 27.7. The predicted molar refractivity (Wildman–Crippen MR) is 146 cm³/mol. The number of nitrogens with zero attached hydrogens (tertiary/aromatic N) is 1. The van der Waals surface area contributed by atoms with Crippen LogP contribution in [0.15, 0.2) is 59.2 Å². The zero-order valence-corrected chi connectivity index (χ0v) is 22.4. The van der Waals surface area contributed by atoms with Gasteiger partial charge in [-0.05, 0) is 65.7 Å². The van der Waals surface area contributed by atoms with Crippen molar-refractivity contribution in [1.82, 2.24) is 4.90 Å². The number of aryl methyl sites for hydroxylation is 1. The number of amides is 1. The molecule has 4 rings (SSSR count). The summed E-state index contributed by atoms with van der Waals surface area (Å²) in [4.78, 5) is 15.4. The first-order valence-electron chi connectivity index (χ1n) is 12.4. The lowest BCUT2D eigenvalue weighted by molar-refractivity contribution is 0.0552. The summed E-state index contributed by atoms with van der Waals surface area (Å²) < 4.78 is 33.1. The number of aliphatic hydroxyl groups excluding tert-OH is 1. The average molecular weight is 547 g/mol. The van der Waals surface area contributed by atoms with Gasteiger partial charge in [0.25, 0.3) is 5.91 Å². The van der Waals surface area contributed by atoms with Crippen LogP contribution in [0.2, 0.25) is 0 Å². The Balaban J connectivity index is 1.55. The van der Waals surface area contributed by atoms with Crippen molar-refractivity contribution in [3.05, 3.63) is 94.4 Å². The number of aliphatic hydroxyl groups is 1. The van der Waals surface area contributed by atoms with Gasteiger partial charge in [0, 0.05) is 25.2 Å². The first-order valence-corrected chi connectivity index (χ1v) is 14.5. The molecule has 2 atom stereocenters. The summed E-state index contributed by atoms with van der Waals surface area (Å²) in [6.07, 6.45) is 2.47. The lowest BCUT2D eigenvalue weighted by atomic mass is 10.0. The van der Waals surface area contributed by atoms with Crippen LogP contribution in [-0.4, -0.2) is 46.1 Å². The lowest BCUT2D eigenvalue weighted by Gasteiger charge is -2.29. The maximum Gasteiger partial charge on any atom is 0.257 e. The van der Waals surface area contributed by atoms with Gasteiger partial charge in [-0.2, -0.15) is 0 Å². The number of thioether (sulfide) groups is 2. The number of hydrogen-bond acceptors (Lipinski definition) is 6. The van der Waals surface area contributed by atoms with Crippen LogP contribution in [0.4, 0.5) is 8.78 Å². The number of furan rings is 1. The van der Waals surface area contributed by atoms with Crippen molar-refractivity contribution in [2.45, 2.75) is 49.5 Å². The molecule has 1 saturated heterocycles. The molecule has 0 bridgehead atoms. The second-order valence-electron chi connectivity index (χ2n) is 9.20. The summed E-state index contributed by atoms with van der Waals surface area (Å²) in [5, 5.41) is 11.0. The molecule has 1 aliphatic heterocycles. The van der Waals surface area contributed by atoms with E-state index in [4.69, 9.17) is 10.2 Å². The summed E-state index contributed by atoms with van der Waals surface area (Å²) in [7, 11) is 0. The zero-order valence-electron chi connectivity index (χ0n) is 20.7. The largest absolute Gasteiger partial charge is 0.466 e. The molecule has 2 heterocycles. The number of carbonyl (C=O) groups excluding carboxylic acids is 1. The molecule has 198 valence electrons. The van der Waals surface area contributed by atoms with Crippen LogP contribution in [0.25, 0.3) is 0 Å². The van der Waals surface area contributed by atoms with Gasteiger partial charge >= 0.3 is 0 Å². The zero-order chi connectivity index (χ0) is 26.4. The van der Waals surface area contributed by atoms with Crippen LogP contribution >= 0.6 is 23.5 Å².